The molecule has 3 rings (SSSR count). The van der Waals surface area contributed by atoms with Crippen molar-refractivity contribution < 1.29 is 9.53 Å². The highest BCUT2D eigenvalue weighted by Gasteiger charge is 2.53. The quantitative estimate of drug-likeness (QED) is 0.348. The van der Waals surface area contributed by atoms with E-state index in [0.717, 1.165) is 56.4 Å². The third-order valence-electron chi connectivity index (χ3n) is 5.17. The largest absolute Gasteiger partial charge is 0.494 e. The monoisotopic (exact) mass is 340 g/mol. The molecule has 2 atom stereocenters. The number of benzene rings is 1. The van der Waals surface area contributed by atoms with Crippen LogP contribution in [-0.2, 0) is 4.79 Å². The molecule has 2 aliphatic rings. The molecule has 1 fully saturated rings. The Morgan fingerprint density at radius 3 is 2.52 bits per heavy atom. The van der Waals surface area contributed by atoms with E-state index in [1.54, 1.807) is 6.21 Å². The summed E-state index contributed by atoms with van der Waals surface area (Å²) in [5, 5.41) is 4.13. The van der Waals surface area contributed by atoms with Gasteiger partial charge in [-0.1, -0.05) is 25.5 Å². The van der Waals surface area contributed by atoms with E-state index in [1.165, 1.54) is 0 Å². The molecule has 1 amide bonds. The van der Waals surface area contributed by atoms with Crippen molar-refractivity contribution in [2.45, 2.75) is 45.4 Å². The molecule has 4 nitrogen and oxygen atoms in total. The fourth-order valence-corrected chi connectivity index (χ4v) is 3.66. The van der Waals surface area contributed by atoms with Gasteiger partial charge in [0.1, 0.15) is 5.75 Å². The van der Waals surface area contributed by atoms with Crippen molar-refractivity contribution in [2.75, 3.05) is 6.61 Å². The van der Waals surface area contributed by atoms with Gasteiger partial charge in [-0.15, -0.1) is 0 Å². The number of amides is 1. The van der Waals surface area contributed by atoms with Gasteiger partial charge in [0, 0.05) is 5.92 Å². The number of hydrogen-bond acceptors (Lipinski definition) is 3. The van der Waals surface area contributed by atoms with Crippen LogP contribution in [0.25, 0.3) is 0 Å². The van der Waals surface area contributed by atoms with Crippen molar-refractivity contribution in [3.05, 3.63) is 42.0 Å². The number of unbranched alkanes of at least 4 members (excludes halogenated alkanes) is 1. The summed E-state index contributed by atoms with van der Waals surface area (Å²) in [6.45, 7) is 2.90. The molecule has 1 aromatic rings. The molecule has 134 valence electrons. The maximum Gasteiger partial charge on any atom is 0.243 e. The maximum absolute atomic E-state index is 12.3. The average molecular weight is 340 g/mol. The van der Waals surface area contributed by atoms with Crippen molar-refractivity contribution in [2.24, 2.45) is 22.9 Å². The second kappa shape index (κ2) is 8.84. The zero-order valence-electron chi connectivity index (χ0n) is 15.0. The van der Waals surface area contributed by atoms with Crippen LogP contribution in [0.1, 0.15) is 51.0 Å². The minimum Gasteiger partial charge on any atom is -0.494 e. The number of ether oxygens (including phenoxy) is 1. The van der Waals surface area contributed by atoms with Crippen LogP contribution in [0, 0.1) is 17.8 Å². The molecular weight excluding hydrogens is 312 g/mol. The second-order valence-electron chi connectivity index (χ2n) is 6.98. The van der Waals surface area contributed by atoms with Gasteiger partial charge in [-0.2, -0.15) is 5.10 Å². The van der Waals surface area contributed by atoms with Gasteiger partial charge in [-0.3, -0.25) is 4.79 Å². The highest BCUT2D eigenvalue weighted by molar-refractivity contribution is 5.85. The molecule has 25 heavy (non-hydrogen) atoms. The summed E-state index contributed by atoms with van der Waals surface area (Å²) < 4.78 is 5.64. The summed E-state index contributed by atoms with van der Waals surface area (Å²) in [5.41, 5.74) is 3.68. The van der Waals surface area contributed by atoms with E-state index in [9.17, 15) is 4.79 Å². The molecule has 0 aliphatic heterocycles. The third kappa shape index (κ3) is 4.94. The lowest BCUT2D eigenvalue weighted by Gasteiger charge is -2.04. The van der Waals surface area contributed by atoms with E-state index in [0.29, 0.717) is 11.8 Å². The highest BCUT2D eigenvalue weighted by atomic mass is 16.5. The van der Waals surface area contributed by atoms with E-state index >= 15 is 0 Å². The smallest absolute Gasteiger partial charge is 0.243 e. The van der Waals surface area contributed by atoms with Gasteiger partial charge in [0.25, 0.3) is 0 Å². The summed E-state index contributed by atoms with van der Waals surface area (Å²) in [6.07, 6.45) is 12.8. The van der Waals surface area contributed by atoms with E-state index in [1.807, 2.05) is 24.3 Å². The molecule has 0 saturated heterocycles. The predicted octanol–water partition coefficient (Wildman–Crippen LogP) is 4.31. The lowest BCUT2D eigenvalue weighted by atomic mass is 10.1. The van der Waals surface area contributed by atoms with Crippen molar-refractivity contribution in [1.82, 2.24) is 5.43 Å². The summed E-state index contributed by atoms with van der Waals surface area (Å²) in [4.78, 5) is 12.3. The maximum atomic E-state index is 12.3. The molecule has 1 saturated carbocycles. The van der Waals surface area contributed by atoms with Crippen LogP contribution in [-0.4, -0.2) is 18.7 Å². The SMILES string of the molecule is CCCCOc1ccc(/C=N\NC(=O)C2[C@@H]3CCC=CCC[C@@H]23)cc1. The van der Waals surface area contributed by atoms with Crippen LogP contribution in [0.4, 0.5) is 0 Å². The first-order valence-corrected chi connectivity index (χ1v) is 9.50. The Morgan fingerprint density at radius 2 is 1.88 bits per heavy atom. The number of carbonyl (C=O) groups is 1. The Labute approximate surface area is 150 Å². The van der Waals surface area contributed by atoms with Gasteiger partial charge in [-0.25, -0.2) is 5.43 Å². The molecule has 0 heterocycles. The summed E-state index contributed by atoms with van der Waals surface area (Å²) in [7, 11) is 0. The van der Waals surface area contributed by atoms with Crippen LogP contribution in [0.3, 0.4) is 0 Å². The predicted molar refractivity (Wildman–Crippen MR) is 101 cm³/mol. The van der Waals surface area contributed by atoms with Crippen LogP contribution >= 0.6 is 0 Å². The van der Waals surface area contributed by atoms with Gasteiger partial charge >= 0.3 is 0 Å². The van der Waals surface area contributed by atoms with E-state index in [2.05, 4.69) is 29.6 Å². The molecular formula is C21H28N2O2. The lowest BCUT2D eigenvalue weighted by molar-refractivity contribution is -0.122. The Balaban J connectivity index is 1.44. The highest BCUT2D eigenvalue weighted by Crippen LogP contribution is 2.52. The number of allylic oxidation sites excluding steroid dienone is 2. The lowest BCUT2D eigenvalue weighted by Crippen LogP contribution is -2.21. The first kappa shape index (κ1) is 17.7. The fourth-order valence-electron chi connectivity index (χ4n) is 3.66. The van der Waals surface area contributed by atoms with E-state index < -0.39 is 0 Å². The minimum atomic E-state index is 0.0765. The number of nitrogens with one attached hydrogen (secondary N) is 1. The van der Waals surface area contributed by atoms with E-state index in [-0.39, 0.29) is 11.8 Å². The van der Waals surface area contributed by atoms with Crippen LogP contribution in [0.2, 0.25) is 0 Å². The number of fused-ring (bicyclic) bond motifs is 1. The Hall–Kier alpha value is -2.10. The molecule has 1 aromatic carbocycles. The topological polar surface area (TPSA) is 50.7 Å². The molecule has 0 unspecified atom stereocenters. The first-order valence-electron chi connectivity index (χ1n) is 9.50. The van der Waals surface area contributed by atoms with Crippen LogP contribution in [0.15, 0.2) is 41.5 Å². The van der Waals surface area contributed by atoms with Gasteiger partial charge in [0.05, 0.1) is 12.8 Å². The van der Waals surface area contributed by atoms with Crippen molar-refractivity contribution in [3.8, 4) is 5.75 Å². The number of carbonyl (C=O) groups excluding carboxylic acids is 1. The fraction of sp³-hybridized carbons (Fsp3) is 0.524. The van der Waals surface area contributed by atoms with Gasteiger partial charge in [0.15, 0.2) is 0 Å². The number of rotatable bonds is 7. The molecule has 1 N–H and O–H groups in total. The Kier molecular flexibility index (Phi) is 6.26. The molecule has 0 radical (unpaired) electrons. The second-order valence-corrected chi connectivity index (χ2v) is 6.98. The molecule has 4 heteroatoms. The van der Waals surface area contributed by atoms with Crippen molar-refractivity contribution in [3.63, 3.8) is 0 Å². The van der Waals surface area contributed by atoms with Crippen LogP contribution in [0.5, 0.6) is 5.75 Å². The molecule has 0 aromatic heterocycles. The zero-order valence-corrected chi connectivity index (χ0v) is 15.0. The molecule has 0 bridgehead atoms. The van der Waals surface area contributed by atoms with Gasteiger partial charge in [-0.05, 0) is 73.8 Å². The Morgan fingerprint density at radius 1 is 1.20 bits per heavy atom. The summed E-state index contributed by atoms with van der Waals surface area (Å²) in [6, 6.07) is 7.78. The summed E-state index contributed by atoms with van der Waals surface area (Å²) in [5.74, 6) is 2.22. The van der Waals surface area contributed by atoms with Crippen molar-refractivity contribution in [1.29, 1.82) is 0 Å². The first-order chi connectivity index (χ1) is 12.3. The minimum absolute atomic E-state index is 0.0765. The van der Waals surface area contributed by atoms with E-state index in [4.69, 9.17) is 4.74 Å². The van der Waals surface area contributed by atoms with Crippen molar-refractivity contribution >= 4 is 12.1 Å². The number of hydrogen-bond donors (Lipinski definition) is 1. The Bertz CT molecular complexity index is 605. The average Bonchev–Trinajstić information content (AvgIpc) is 3.27. The molecule has 2 aliphatic carbocycles. The third-order valence-corrected chi connectivity index (χ3v) is 5.17. The van der Waals surface area contributed by atoms with Gasteiger partial charge < -0.3 is 4.74 Å². The normalized spacial score (nSPS) is 25.1. The zero-order chi connectivity index (χ0) is 17.5. The number of nitrogens with zero attached hydrogens (tertiary/aromatic N) is 1. The summed E-state index contributed by atoms with van der Waals surface area (Å²) >= 11 is 0. The van der Waals surface area contributed by atoms with Gasteiger partial charge in [0.2, 0.25) is 5.91 Å². The standard InChI is InChI=1S/C21H28N2O2/c1-2-3-14-25-17-12-10-16(11-13-17)15-22-23-21(24)20-18-8-6-4-5-7-9-19(18)20/h4-5,10-13,15,18-20H,2-3,6-9,14H2,1H3,(H,23,24)/b5-4?,22-15-/t18-,19-/m1/s1. The number of hydrazone groups is 1. The molecule has 0 spiro atoms. The van der Waals surface area contributed by atoms with Crippen LogP contribution < -0.4 is 10.2 Å².